The van der Waals surface area contributed by atoms with Crippen molar-refractivity contribution in [3.05, 3.63) is 35.4 Å². The van der Waals surface area contributed by atoms with Gasteiger partial charge < -0.3 is 14.2 Å². The Labute approximate surface area is 172 Å². The molecule has 0 aromatic heterocycles. The monoisotopic (exact) mass is 432 g/mol. The summed E-state index contributed by atoms with van der Waals surface area (Å²) in [5.74, 6) is 12.3. The molecule has 0 radical (unpaired) electrons. The second kappa shape index (κ2) is 14.7. The van der Waals surface area contributed by atoms with Gasteiger partial charge in [0.05, 0.1) is 0 Å². The van der Waals surface area contributed by atoms with Gasteiger partial charge in [0.2, 0.25) is 0 Å². The number of benzene rings is 1. The van der Waals surface area contributed by atoms with Gasteiger partial charge in [0.1, 0.15) is 13.2 Å². The SMILES string of the molecule is BrCCCCCCOCC#Cc1ccc(C#CCOC2CCCCO2)cc1. The Balaban J connectivity index is 1.60. The topological polar surface area (TPSA) is 27.7 Å². The molecule has 4 heteroatoms. The van der Waals surface area contributed by atoms with Crippen LogP contribution in [0, 0.1) is 23.7 Å². The Morgan fingerprint density at radius 3 is 2.30 bits per heavy atom. The summed E-state index contributed by atoms with van der Waals surface area (Å²) in [6.45, 7) is 2.47. The Morgan fingerprint density at radius 1 is 0.926 bits per heavy atom. The third kappa shape index (κ3) is 10.6. The molecule has 0 saturated carbocycles. The fourth-order valence-electron chi connectivity index (χ4n) is 2.67. The van der Waals surface area contributed by atoms with Crippen LogP contribution in [-0.4, -0.2) is 38.0 Å². The number of alkyl halides is 1. The van der Waals surface area contributed by atoms with Crippen molar-refractivity contribution in [2.45, 2.75) is 51.2 Å². The second-order valence-corrected chi connectivity index (χ2v) is 7.24. The highest BCUT2D eigenvalue weighted by atomic mass is 79.9. The summed E-state index contributed by atoms with van der Waals surface area (Å²) in [5, 5.41) is 1.09. The number of ether oxygens (including phenoxy) is 3. The quantitative estimate of drug-likeness (QED) is 0.315. The lowest BCUT2D eigenvalue weighted by Gasteiger charge is -2.21. The van der Waals surface area contributed by atoms with E-state index < -0.39 is 0 Å². The number of rotatable bonds is 9. The fraction of sp³-hybridized carbons (Fsp3) is 0.565. The Hall–Kier alpha value is -1.30. The molecule has 1 unspecified atom stereocenters. The highest BCUT2D eigenvalue weighted by Gasteiger charge is 2.12. The Morgan fingerprint density at radius 2 is 1.63 bits per heavy atom. The molecule has 2 rings (SSSR count). The normalized spacial score (nSPS) is 16.1. The first-order valence-electron chi connectivity index (χ1n) is 9.83. The maximum atomic E-state index is 5.61. The van der Waals surface area contributed by atoms with Crippen LogP contribution in [0.2, 0.25) is 0 Å². The van der Waals surface area contributed by atoms with Gasteiger partial charge in [0, 0.05) is 29.7 Å². The maximum absolute atomic E-state index is 5.61. The lowest BCUT2D eigenvalue weighted by molar-refractivity contribution is -0.154. The first kappa shape index (κ1) is 22.0. The van der Waals surface area contributed by atoms with Crippen molar-refractivity contribution in [3.8, 4) is 23.7 Å². The Bertz CT molecular complexity index is 628. The van der Waals surface area contributed by atoms with Gasteiger partial charge in [-0.3, -0.25) is 0 Å². The van der Waals surface area contributed by atoms with E-state index in [-0.39, 0.29) is 6.29 Å². The van der Waals surface area contributed by atoms with Crippen molar-refractivity contribution in [2.75, 3.05) is 31.8 Å². The zero-order valence-electron chi connectivity index (χ0n) is 16.0. The van der Waals surface area contributed by atoms with Crippen molar-refractivity contribution < 1.29 is 14.2 Å². The highest BCUT2D eigenvalue weighted by molar-refractivity contribution is 9.09. The smallest absolute Gasteiger partial charge is 0.158 e. The molecule has 0 aliphatic carbocycles. The molecule has 0 spiro atoms. The molecule has 1 fully saturated rings. The molecule has 146 valence electrons. The van der Waals surface area contributed by atoms with E-state index in [4.69, 9.17) is 14.2 Å². The molecule has 1 aliphatic rings. The van der Waals surface area contributed by atoms with E-state index >= 15 is 0 Å². The minimum absolute atomic E-state index is 0.0813. The van der Waals surface area contributed by atoms with Crippen molar-refractivity contribution >= 4 is 15.9 Å². The van der Waals surface area contributed by atoms with E-state index in [9.17, 15) is 0 Å². The van der Waals surface area contributed by atoms with Crippen LogP contribution in [-0.2, 0) is 14.2 Å². The van der Waals surface area contributed by atoms with Crippen molar-refractivity contribution in [2.24, 2.45) is 0 Å². The Kier molecular flexibility index (Phi) is 12.0. The lowest BCUT2D eigenvalue weighted by Crippen LogP contribution is -2.22. The summed E-state index contributed by atoms with van der Waals surface area (Å²) in [4.78, 5) is 0. The second-order valence-electron chi connectivity index (χ2n) is 6.44. The van der Waals surface area contributed by atoms with Gasteiger partial charge in [0.25, 0.3) is 0 Å². The lowest BCUT2D eigenvalue weighted by atomic mass is 10.1. The zero-order chi connectivity index (χ0) is 19.0. The van der Waals surface area contributed by atoms with Crippen molar-refractivity contribution in [3.63, 3.8) is 0 Å². The van der Waals surface area contributed by atoms with E-state index in [1.54, 1.807) is 0 Å². The summed E-state index contributed by atoms with van der Waals surface area (Å²) >= 11 is 3.44. The minimum Gasteiger partial charge on any atom is -0.369 e. The van der Waals surface area contributed by atoms with Crippen LogP contribution in [0.15, 0.2) is 24.3 Å². The molecule has 1 aromatic rings. The molecule has 3 nitrogen and oxygen atoms in total. The first-order chi connectivity index (χ1) is 13.4. The summed E-state index contributed by atoms with van der Waals surface area (Å²) in [6.07, 6.45) is 8.02. The van der Waals surface area contributed by atoms with Crippen LogP contribution in [0.25, 0.3) is 0 Å². The molecule has 0 N–H and O–H groups in total. The van der Waals surface area contributed by atoms with Gasteiger partial charge in [-0.2, -0.15) is 0 Å². The van der Waals surface area contributed by atoms with Crippen LogP contribution >= 0.6 is 15.9 Å². The van der Waals surface area contributed by atoms with Gasteiger partial charge >= 0.3 is 0 Å². The third-order valence-electron chi connectivity index (χ3n) is 4.18. The number of unbranched alkanes of at least 4 members (excludes halogenated alkanes) is 3. The molecule has 1 heterocycles. The predicted molar refractivity (Wildman–Crippen MR) is 113 cm³/mol. The fourth-order valence-corrected chi connectivity index (χ4v) is 3.06. The van der Waals surface area contributed by atoms with Gasteiger partial charge in [0.15, 0.2) is 6.29 Å². The van der Waals surface area contributed by atoms with E-state index in [1.807, 2.05) is 24.3 Å². The van der Waals surface area contributed by atoms with E-state index in [0.717, 1.165) is 48.9 Å². The number of hydrogen-bond donors (Lipinski definition) is 0. The summed E-state index contributed by atoms with van der Waals surface area (Å²) < 4.78 is 16.7. The van der Waals surface area contributed by atoms with Gasteiger partial charge in [-0.1, -0.05) is 52.5 Å². The van der Waals surface area contributed by atoms with Gasteiger partial charge in [-0.25, -0.2) is 0 Å². The van der Waals surface area contributed by atoms with Crippen LogP contribution in [0.5, 0.6) is 0 Å². The molecular weight excluding hydrogens is 404 g/mol. The largest absolute Gasteiger partial charge is 0.369 e. The first-order valence-corrected chi connectivity index (χ1v) is 11.0. The summed E-state index contributed by atoms with van der Waals surface area (Å²) in [5.41, 5.74) is 1.95. The van der Waals surface area contributed by atoms with E-state index in [1.165, 1.54) is 25.7 Å². The average molecular weight is 433 g/mol. The standard InChI is InChI=1S/C23H29BrO3/c24-16-4-1-2-5-17-25-18-7-9-21-12-14-22(15-13-21)10-8-20-27-23-11-3-6-19-26-23/h12-15,23H,1-6,11,16-20H2. The predicted octanol–water partition coefficient (Wildman–Crippen LogP) is 4.90. The molecule has 0 bridgehead atoms. The number of hydrogen-bond acceptors (Lipinski definition) is 3. The van der Waals surface area contributed by atoms with E-state index in [0.29, 0.717) is 13.2 Å². The molecule has 27 heavy (non-hydrogen) atoms. The average Bonchev–Trinajstić information content (AvgIpc) is 2.72. The number of halogens is 1. The van der Waals surface area contributed by atoms with Crippen molar-refractivity contribution in [1.82, 2.24) is 0 Å². The highest BCUT2D eigenvalue weighted by Crippen LogP contribution is 2.13. The molecule has 0 amide bonds. The third-order valence-corrected chi connectivity index (χ3v) is 4.74. The summed E-state index contributed by atoms with van der Waals surface area (Å²) in [7, 11) is 0. The van der Waals surface area contributed by atoms with E-state index in [2.05, 4.69) is 39.6 Å². The molecule has 1 saturated heterocycles. The minimum atomic E-state index is -0.0813. The zero-order valence-corrected chi connectivity index (χ0v) is 17.6. The van der Waals surface area contributed by atoms with Crippen LogP contribution < -0.4 is 0 Å². The van der Waals surface area contributed by atoms with Crippen molar-refractivity contribution in [1.29, 1.82) is 0 Å². The molecule has 1 aliphatic heterocycles. The summed E-state index contributed by atoms with van der Waals surface area (Å²) in [6, 6.07) is 7.95. The van der Waals surface area contributed by atoms with Gasteiger partial charge in [-0.15, -0.1) is 0 Å². The molecule has 1 atom stereocenters. The molecule has 1 aromatic carbocycles. The van der Waals surface area contributed by atoms with Crippen LogP contribution in [0.4, 0.5) is 0 Å². The van der Waals surface area contributed by atoms with Crippen LogP contribution in [0.3, 0.4) is 0 Å². The van der Waals surface area contributed by atoms with Gasteiger partial charge in [-0.05, 0) is 56.4 Å². The maximum Gasteiger partial charge on any atom is 0.158 e. The molecular formula is C23H29BrO3. The van der Waals surface area contributed by atoms with Crippen LogP contribution in [0.1, 0.15) is 56.1 Å².